The number of methoxy groups -OCH3 is 1. The molecule has 1 spiro atoms. The van der Waals surface area contributed by atoms with Crippen molar-refractivity contribution in [2.75, 3.05) is 20.7 Å². The number of phenolic OH excluding ortho intramolecular Hbond substituents is 2. The third-order valence-electron chi connectivity index (χ3n) is 10.4. The van der Waals surface area contributed by atoms with Crippen LogP contribution < -0.4 is 15.4 Å². The molecule has 42 heavy (non-hydrogen) atoms. The van der Waals surface area contributed by atoms with Crippen LogP contribution >= 0.6 is 0 Å². The predicted molar refractivity (Wildman–Crippen MR) is 155 cm³/mol. The number of hydrogen-bond acceptors (Lipinski definition) is 8. The van der Waals surface area contributed by atoms with Gasteiger partial charge in [-0.1, -0.05) is 32.0 Å². The molecule has 2 aliphatic heterocycles. The Balaban J connectivity index is 1.29. The van der Waals surface area contributed by atoms with E-state index in [2.05, 4.69) is 22.6 Å². The second-order valence-corrected chi connectivity index (χ2v) is 12.8. The van der Waals surface area contributed by atoms with Gasteiger partial charge in [-0.05, 0) is 74.5 Å². The second kappa shape index (κ2) is 10.4. The maximum Gasteiger partial charge on any atom is 0.326 e. The number of amides is 1. The van der Waals surface area contributed by atoms with E-state index in [0.29, 0.717) is 17.7 Å². The highest BCUT2D eigenvalue weighted by atomic mass is 16.5. The summed E-state index contributed by atoms with van der Waals surface area (Å²) in [5.41, 5.74) is 1.93. The maximum atomic E-state index is 13.7. The van der Waals surface area contributed by atoms with Crippen molar-refractivity contribution in [3.63, 3.8) is 0 Å². The van der Waals surface area contributed by atoms with Crippen molar-refractivity contribution in [1.82, 2.24) is 15.5 Å². The average Bonchev–Trinajstić information content (AvgIpc) is 3.32. The number of hydrogen-bond donors (Lipinski definition) is 5. The highest BCUT2D eigenvalue weighted by Gasteiger charge is 2.73. The molecule has 0 radical (unpaired) electrons. The van der Waals surface area contributed by atoms with Gasteiger partial charge in [0, 0.05) is 31.2 Å². The Morgan fingerprint density at radius 1 is 1.14 bits per heavy atom. The molecular formula is C32H41N3O7. The molecule has 3 unspecified atom stereocenters. The van der Waals surface area contributed by atoms with E-state index in [1.807, 2.05) is 19.9 Å². The zero-order chi connectivity index (χ0) is 30.0. The topological polar surface area (TPSA) is 141 Å². The summed E-state index contributed by atoms with van der Waals surface area (Å²) in [6.07, 6.45) is 2.79. The SMILES string of the molecule is CO[C@@]12CC[C@@H](NC(C(=O)NC(Cc3ccc(O)cc3)C(=O)O)C(C)C)[C@@H]3Oc4c(O)ccc5c4[C@@]31CCN(C)C2C5. The molecule has 2 aliphatic carbocycles. The number of nitrogens with zero attached hydrogens (tertiary/aromatic N) is 1. The Hall–Kier alpha value is -3.34. The lowest BCUT2D eigenvalue weighted by molar-refractivity contribution is -0.204. The standard InChI is InChI=1S/C32H41N3O7/c1-17(2)26(29(38)34-22(30(39)40)15-18-5-8-20(36)9-6-18)33-21-11-12-32(41-4)24-16-19-7-10-23(37)27-25(19)31(32,28(21)42-27)13-14-35(24)3/h5-10,17,21-22,24,26,28,33,36-37H,11-16H2,1-4H3,(H,34,38)(H,39,40)/t21-,22?,24?,26?,28+,31+,32-/m1/s1. The molecule has 2 bridgehead atoms. The summed E-state index contributed by atoms with van der Waals surface area (Å²) >= 11 is 0. The first-order chi connectivity index (χ1) is 20.0. The van der Waals surface area contributed by atoms with Gasteiger partial charge in [0.05, 0.1) is 17.1 Å². The average molecular weight is 580 g/mol. The number of aliphatic carboxylic acids is 1. The van der Waals surface area contributed by atoms with Gasteiger partial charge >= 0.3 is 5.97 Å². The third-order valence-corrected chi connectivity index (χ3v) is 10.4. The van der Waals surface area contributed by atoms with Crippen LogP contribution in [-0.2, 0) is 32.6 Å². The van der Waals surface area contributed by atoms with E-state index >= 15 is 0 Å². The number of carboxylic acids is 1. The molecule has 2 heterocycles. The molecular weight excluding hydrogens is 538 g/mol. The molecule has 6 rings (SSSR count). The maximum absolute atomic E-state index is 13.7. The summed E-state index contributed by atoms with van der Waals surface area (Å²) < 4.78 is 13.2. The monoisotopic (exact) mass is 579 g/mol. The number of benzene rings is 2. The van der Waals surface area contributed by atoms with E-state index in [1.165, 1.54) is 17.7 Å². The van der Waals surface area contributed by atoms with Gasteiger partial charge in [-0.2, -0.15) is 0 Å². The highest BCUT2D eigenvalue weighted by molar-refractivity contribution is 5.87. The number of rotatable bonds is 9. The molecule has 0 aromatic heterocycles. The van der Waals surface area contributed by atoms with Crippen LogP contribution in [0.15, 0.2) is 36.4 Å². The fourth-order valence-electron chi connectivity index (χ4n) is 8.44. The summed E-state index contributed by atoms with van der Waals surface area (Å²) in [5, 5.41) is 36.8. The minimum absolute atomic E-state index is 0.0903. The zero-order valence-corrected chi connectivity index (χ0v) is 24.6. The summed E-state index contributed by atoms with van der Waals surface area (Å²) in [5.74, 6) is -0.909. The lowest BCUT2D eigenvalue weighted by Crippen LogP contribution is -2.78. The summed E-state index contributed by atoms with van der Waals surface area (Å²) in [6, 6.07) is 8.15. The number of nitrogens with one attached hydrogen (secondary N) is 2. The first kappa shape index (κ1) is 28.8. The lowest BCUT2D eigenvalue weighted by atomic mass is 9.48. The van der Waals surface area contributed by atoms with Crippen LogP contribution in [0.25, 0.3) is 0 Å². The Kier molecular flexibility index (Phi) is 7.14. The molecule has 4 aliphatic rings. The second-order valence-electron chi connectivity index (χ2n) is 12.8. The Morgan fingerprint density at radius 2 is 1.88 bits per heavy atom. The van der Waals surface area contributed by atoms with Gasteiger partial charge in [-0.25, -0.2) is 4.79 Å². The Bertz CT molecular complexity index is 1380. The lowest BCUT2D eigenvalue weighted by Gasteiger charge is -2.65. The van der Waals surface area contributed by atoms with Gasteiger partial charge in [0.15, 0.2) is 11.5 Å². The van der Waals surface area contributed by atoms with E-state index < -0.39 is 29.1 Å². The van der Waals surface area contributed by atoms with Gasteiger partial charge in [0.1, 0.15) is 17.9 Å². The molecule has 5 N–H and O–H groups in total. The largest absolute Gasteiger partial charge is 0.508 e. The fraction of sp³-hybridized carbons (Fsp3) is 0.562. The number of carboxylic acid groups (broad SMARTS) is 1. The fourth-order valence-corrected chi connectivity index (χ4v) is 8.44. The van der Waals surface area contributed by atoms with Crippen molar-refractivity contribution in [3.05, 3.63) is 53.1 Å². The number of likely N-dealkylation sites (tertiary alicyclic amines) is 1. The molecule has 2 aromatic rings. The van der Waals surface area contributed by atoms with Crippen LogP contribution in [-0.4, -0.2) is 88.7 Å². The molecule has 226 valence electrons. The summed E-state index contributed by atoms with van der Waals surface area (Å²) in [7, 11) is 3.94. The van der Waals surface area contributed by atoms with Crippen molar-refractivity contribution in [2.24, 2.45) is 5.92 Å². The number of likely N-dealkylation sites (N-methyl/N-ethyl adjacent to an activating group) is 1. The number of piperidine rings is 1. The van der Waals surface area contributed by atoms with Crippen LogP contribution in [0.2, 0.25) is 0 Å². The molecule has 1 saturated carbocycles. The van der Waals surface area contributed by atoms with E-state index in [9.17, 15) is 24.9 Å². The smallest absolute Gasteiger partial charge is 0.326 e. The van der Waals surface area contributed by atoms with Crippen molar-refractivity contribution in [2.45, 2.75) is 87.2 Å². The van der Waals surface area contributed by atoms with Gasteiger partial charge in [0.2, 0.25) is 5.91 Å². The van der Waals surface area contributed by atoms with Crippen LogP contribution in [0.4, 0.5) is 0 Å². The van der Waals surface area contributed by atoms with E-state index in [-0.39, 0.29) is 47.9 Å². The molecule has 7 atom stereocenters. The third kappa shape index (κ3) is 4.18. The van der Waals surface area contributed by atoms with E-state index in [0.717, 1.165) is 31.4 Å². The summed E-state index contributed by atoms with van der Waals surface area (Å²) in [4.78, 5) is 28.2. The van der Waals surface area contributed by atoms with Crippen LogP contribution in [0.3, 0.4) is 0 Å². The first-order valence-corrected chi connectivity index (χ1v) is 14.9. The number of ether oxygens (including phenoxy) is 2. The highest BCUT2D eigenvalue weighted by Crippen LogP contribution is 2.66. The number of phenols is 2. The van der Waals surface area contributed by atoms with Crippen molar-refractivity contribution in [3.8, 4) is 17.2 Å². The van der Waals surface area contributed by atoms with E-state index in [4.69, 9.17) is 9.47 Å². The van der Waals surface area contributed by atoms with Crippen molar-refractivity contribution in [1.29, 1.82) is 0 Å². The first-order valence-electron chi connectivity index (χ1n) is 14.9. The van der Waals surface area contributed by atoms with Crippen LogP contribution in [0.5, 0.6) is 17.2 Å². The number of carbonyl (C=O) groups excluding carboxylic acids is 1. The van der Waals surface area contributed by atoms with Gasteiger partial charge in [-0.15, -0.1) is 0 Å². The predicted octanol–water partition coefficient (Wildman–Crippen LogP) is 2.33. The minimum Gasteiger partial charge on any atom is -0.508 e. The molecule has 1 saturated heterocycles. The summed E-state index contributed by atoms with van der Waals surface area (Å²) in [6.45, 7) is 4.74. The quantitative estimate of drug-likeness (QED) is 0.303. The number of aromatic hydroxyl groups is 2. The Morgan fingerprint density at radius 3 is 2.55 bits per heavy atom. The molecule has 10 heteroatoms. The van der Waals surface area contributed by atoms with Crippen molar-refractivity contribution < 1.29 is 34.4 Å². The normalized spacial score (nSPS) is 30.7. The minimum atomic E-state index is -1.13. The Labute approximate surface area is 246 Å². The van der Waals surface area contributed by atoms with Gasteiger partial charge in [0.25, 0.3) is 0 Å². The van der Waals surface area contributed by atoms with E-state index in [1.54, 1.807) is 25.3 Å². The molecule has 2 aromatic carbocycles. The van der Waals surface area contributed by atoms with Gasteiger partial charge in [-0.3, -0.25) is 10.1 Å². The molecule has 2 fully saturated rings. The molecule has 10 nitrogen and oxygen atoms in total. The van der Waals surface area contributed by atoms with Gasteiger partial charge < -0.3 is 35.0 Å². The van der Waals surface area contributed by atoms with Crippen LogP contribution in [0.1, 0.15) is 49.8 Å². The van der Waals surface area contributed by atoms with Crippen molar-refractivity contribution >= 4 is 11.9 Å². The number of carbonyl (C=O) groups is 2. The zero-order valence-electron chi connectivity index (χ0n) is 24.6. The van der Waals surface area contributed by atoms with Crippen LogP contribution in [0, 0.1) is 5.92 Å². The molecule has 1 amide bonds.